The molecule has 5 nitrogen and oxygen atoms in total. The molecule has 1 saturated heterocycles. The van der Waals surface area contributed by atoms with Crippen LogP contribution in [0.2, 0.25) is 0 Å². The van der Waals surface area contributed by atoms with Crippen molar-refractivity contribution in [1.82, 2.24) is 15.6 Å². The third-order valence-corrected chi connectivity index (χ3v) is 3.02. The molecule has 19 heavy (non-hydrogen) atoms. The van der Waals surface area contributed by atoms with E-state index in [1.54, 1.807) is 12.3 Å². The lowest BCUT2D eigenvalue weighted by Gasteiger charge is -2.21. The van der Waals surface area contributed by atoms with Gasteiger partial charge in [0.25, 0.3) is 0 Å². The van der Waals surface area contributed by atoms with E-state index in [0.717, 1.165) is 31.5 Å². The van der Waals surface area contributed by atoms with Crippen molar-refractivity contribution < 1.29 is 4.79 Å². The largest absolute Gasteiger partial charge is 0.384 e. The monoisotopic (exact) mass is 264 g/mol. The van der Waals surface area contributed by atoms with Crippen molar-refractivity contribution in [3.63, 3.8) is 0 Å². The number of nitrogen functional groups attached to an aromatic ring is 1. The Morgan fingerprint density at radius 1 is 1.42 bits per heavy atom. The maximum atomic E-state index is 11.9. The van der Waals surface area contributed by atoms with Gasteiger partial charge in [0.05, 0.1) is 0 Å². The zero-order valence-corrected chi connectivity index (χ0v) is 11.8. The van der Waals surface area contributed by atoms with Crippen LogP contribution in [0.1, 0.15) is 32.3 Å². The second-order valence-electron chi connectivity index (χ2n) is 4.33. The van der Waals surface area contributed by atoms with Crippen LogP contribution in [0, 0.1) is 5.92 Å². The molecule has 0 radical (unpaired) electrons. The first kappa shape index (κ1) is 15.4. The molecule has 1 fully saturated rings. The standard InChI is InChI=1S/C12H18N4O.C2H6/c13-11-2-1-9(7-15-11)8-16-12(17)10-3-5-14-6-4-10;1-2/h1-2,7,10,14H,3-6,8H2,(H2,13,15)(H,16,17);1-2H3. The summed E-state index contributed by atoms with van der Waals surface area (Å²) in [6, 6.07) is 3.62. The first-order valence-electron chi connectivity index (χ1n) is 6.94. The smallest absolute Gasteiger partial charge is 0.223 e. The van der Waals surface area contributed by atoms with Crippen LogP contribution in [-0.2, 0) is 11.3 Å². The van der Waals surface area contributed by atoms with Crippen molar-refractivity contribution in [3.05, 3.63) is 23.9 Å². The Labute approximate surface area is 115 Å². The molecule has 0 aromatic carbocycles. The summed E-state index contributed by atoms with van der Waals surface area (Å²) in [5.74, 6) is 0.791. The number of rotatable bonds is 3. The van der Waals surface area contributed by atoms with Gasteiger partial charge in [0.1, 0.15) is 5.82 Å². The number of nitrogens with zero attached hydrogens (tertiary/aromatic N) is 1. The van der Waals surface area contributed by atoms with Gasteiger partial charge in [-0.2, -0.15) is 0 Å². The Hall–Kier alpha value is -1.62. The second-order valence-corrected chi connectivity index (χ2v) is 4.33. The van der Waals surface area contributed by atoms with Crippen molar-refractivity contribution in [1.29, 1.82) is 0 Å². The van der Waals surface area contributed by atoms with Gasteiger partial charge in [0.15, 0.2) is 0 Å². The van der Waals surface area contributed by atoms with E-state index in [4.69, 9.17) is 5.73 Å². The average molecular weight is 264 g/mol. The molecule has 1 amide bonds. The van der Waals surface area contributed by atoms with E-state index in [1.165, 1.54) is 0 Å². The number of piperidine rings is 1. The highest BCUT2D eigenvalue weighted by molar-refractivity contribution is 5.78. The molecular formula is C14H24N4O. The van der Waals surface area contributed by atoms with Crippen molar-refractivity contribution in [2.45, 2.75) is 33.2 Å². The SMILES string of the molecule is CC.Nc1ccc(CNC(=O)C2CCNCC2)cn1. The van der Waals surface area contributed by atoms with Gasteiger partial charge in [0.2, 0.25) is 5.91 Å². The topological polar surface area (TPSA) is 80.0 Å². The number of hydrogen-bond donors (Lipinski definition) is 3. The minimum atomic E-state index is 0.142. The van der Waals surface area contributed by atoms with Crippen LogP contribution in [0.3, 0.4) is 0 Å². The fraction of sp³-hybridized carbons (Fsp3) is 0.571. The minimum absolute atomic E-state index is 0.142. The number of carbonyl (C=O) groups is 1. The maximum Gasteiger partial charge on any atom is 0.223 e. The molecular weight excluding hydrogens is 240 g/mol. The summed E-state index contributed by atoms with van der Waals surface area (Å²) in [5, 5.41) is 6.19. The van der Waals surface area contributed by atoms with E-state index < -0.39 is 0 Å². The van der Waals surface area contributed by atoms with E-state index in [2.05, 4.69) is 15.6 Å². The number of anilines is 1. The lowest BCUT2D eigenvalue weighted by molar-refractivity contribution is -0.125. The Morgan fingerprint density at radius 3 is 2.68 bits per heavy atom. The van der Waals surface area contributed by atoms with E-state index in [-0.39, 0.29) is 11.8 Å². The molecule has 4 N–H and O–H groups in total. The molecule has 1 aliphatic heterocycles. The van der Waals surface area contributed by atoms with Crippen LogP contribution in [-0.4, -0.2) is 24.0 Å². The summed E-state index contributed by atoms with van der Waals surface area (Å²) in [6.07, 6.45) is 3.54. The summed E-state index contributed by atoms with van der Waals surface area (Å²) in [7, 11) is 0. The molecule has 0 spiro atoms. The van der Waals surface area contributed by atoms with Crippen LogP contribution in [0.25, 0.3) is 0 Å². The normalized spacial score (nSPS) is 15.3. The van der Waals surface area contributed by atoms with E-state index >= 15 is 0 Å². The van der Waals surface area contributed by atoms with Gasteiger partial charge in [-0.1, -0.05) is 19.9 Å². The third kappa shape index (κ3) is 5.26. The maximum absolute atomic E-state index is 11.9. The summed E-state index contributed by atoms with van der Waals surface area (Å²) in [5.41, 5.74) is 6.47. The zero-order valence-electron chi connectivity index (χ0n) is 11.8. The third-order valence-electron chi connectivity index (χ3n) is 3.02. The summed E-state index contributed by atoms with van der Waals surface area (Å²) in [6.45, 7) is 6.39. The number of nitrogens with two attached hydrogens (primary N) is 1. The molecule has 0 unspecified atom stereocenters. The number of nitrogens with one attached hydrogen (secondary N) is 2. The fourth-order valence-corrected chi connectivity index (χ4v) is 1.96. The van der Waals surface area contributed by atoms with Crippen LogP contribution in [0.4, 0.5) is 5.82 Å². The van der Waals surface area contributed by atoms with Crippen LogP contribution < -0.4 is 16.4 Å². The predicted octanol–water partition coefficient (Wildman–Crippen LogP) is 1.31. The molecule has 2 heterocycles. The van der Waals surface area contributed by atoms with Crippen molar-refractivity contribution in [3.8, 4) is 0 Å². The number of amides is 1. The van der Waals surface area contributed by atoms with Gasteiger partial charge < -0.3 is 16.4 Å². The van der Waals surface area contributed by atoms with E-state index in [0.29, 0.717) is 12.4 Å². The average Bonchev–Trinajstić information content (AvgIpc) is 2.49. The molecule has 0 aliphatic carbocycles. The van der Waals surface area contributed by atoms with Crippen molar-refractivity contribution >= 4 is 11.7 Å². The lowest BCUT2D eigenvalue weighted by Crippen LogP contribution is -2.37. The zero-order chi connectivity index (χ0) is 14.1. The predicted molar refractivity (Wildman–Crippen MR) is 77.4 cm³/mol. The first-order valence-corrected chi connectivity index (χ1v) is 6.94. The Morgan fingerprint density at radius 2 is 2.11 bits per heavy atom. The summed E-state index contributed by atoms with van der Waals surface area (Å²) in [4.78, 5) is 15.8. The number of aromatic nitrogens is 1. The van der Waals surface area contributed by atoms with Crippen LogP contribution in [0.15, 0.2) is 18.3 Å². The highest BCUT2D eigenvalue weighted by Crippen LogP contribution is 2.11. The highest BCUT2D eigenvalue weighted by Gasteiger charge is 2.20. The molecule has 1 aromatic rings. The summed E-state index contributed by atoms with van der Waals surface area (Å²) >= 11 is 0. The molecule has 1 aromatic heterocycles. The first-order chi connectivity index (χ1) is 9.25. The molecule has 0 saturated carbocycles. The van der Waals surface area contributed by atoms with Crippen molar-refractivity contribution in [2.75, 3.05) is 18.8 Å². The van der Waals surface area contributed by atoms with Gasteiger partial charge >= 0.3 is 0 Å². The quantitative estimate of drug-likeness (QED) is 0.769. The summed E-state index contributed by atoms with van der Waals surface area (Å²) < 4.78 is 0. The number of pyridine rings is 1. The molecule has 106 valence electrons. The van der Waals surface area contributed by atoms with Gasteiger partial charge in [-0.25, -0.2) is 4.98 Å². The van der Waals surface area contributed by atoms with E-state index in [1.807, 2.05) is 19.9 Å². The number of carbonyl (C=O) groups excluding carboxylic acids is 1. The van der Waals surface area contributed by atoms with Gasteiger partial charge in [0, 0.05) is 18.7 Å². The Bertz CT molecular complexity index is 372. The van der Waals surface area contributed by atoms with Crippen molar-refractivity contribution in [2.24, 2.45) is 5.92 Å². The van der Waals surface area contributed by atoms with Crippen LogP contribution in [0.5, 0.6) is 0 Å². The number of hydrogen-bond acceptors (Lipinski definition) is 4. The molecule has 2 rings (SSSR count). The van der Waals surface area contributed by atoms with E-state index in [9.17, 15) is 4.79 Å². The fourth-order valence-electron chi connectivity index (χ4n) is 1.96. The van der Waals surface area contributed by atoms with Gasteiger partial charge in [-0.05, 0) is 37.6 Å². The molecule has 0 bridgehead atoms. The highest BCUT2D eigenvalue weighted by atomic mass is 16.1. The van der Waals surface area contributed by atoms with Gasteiger partial charge in [-0.15, -0.1) is 0 Å². The Kier molecular flexibility index (Phi) is 6.89. The minimum Gasteiger partial charge on any atom is -0.384 e. The lowest BCUT2D eigenvalue weighted by atomic mass is 9.97. The molecule has 5 heteroatoms. The Balaban J connectivity index is 0.000000861. The second kappa shape index (κ2) is 8.48. The van der Waals surface area contributed by atoms with Crippen LogP contribution >= 0.6 is 0 Å². The molecule has 1 aliphatic rings. The molecule has 0 atom stereocenters. The van der Waals surface area contributed by atoms with Gasteiger partial charge in [-0.3, -0.25) is 4.79 Å².